The van der Waals surface area contributed by atoms with Gasteiger partial charge in [0.1, 0.15) is 6.54 Å². The SMILES string of the molecule is CC(C)Cc1ccc([C@H](C)NC(=O)Cn2cnc([N+](=O)[O-])n2)cc1. The Hall–Kier alpha value is -2.77. The Kier molecular flexibility index (Phi) is 5.62. The van der Waals surface area contributed by atoms with Crippen molar-refractivity contribution in [2.45, 2.75) is 39.8 Å². The molecule has 0 aliphatic carbocycles. The van der Waals surface area contributed by atoms with Gasteiger partial charge in [-0.15, -0.1) is 0 Å². The van der Waals surface area contributed by atoms with E-state index in [1.165, 1.54) is 11.9 Å². The molecule has 1 aromatic carbocycles. The van der Waals surface area contributed by atoms with Crippen LogP contribution >= 0.6 is 0 Å². The van der Waals surface area contributed by atoms with Gasteiger partial charge in [-0.25, -0.2) is 0 Å². The highest BCUT2D eigenvalue weighted by Crippen LogP contribution is 2.15. The number of hydrogen-bond donors (Lipinski definition) is 1. The van der Waals surface area contributed by atoms with E-state index in [1.807, 2.05) is 19.1 Å². The highest BCUT2D eigenvalue weighted by Gasteiger charge is 2.16. The van der Waals surface area contributed by atoms with Crippen LogP contribution in [0.2, 0.25) is 0 Å². The molecular weight excluding hydrogens is 310 g/mol. The molecule has 1 amide bonds. The molecule has 0 spiro atoms. The third-order valence-electron chi connectivity index (χ3n) is 3.49. The molecule has 0 saturated heterocycles. The van der Waals surface area contributed by atoms with Crippen molar-refractivity contribution in [3.63, 3.8) is 0 Å². The molecule has 1 atom stereocenters. The summed E-state index contributed by atoms with van der Waals surface area (Å²) in [4.78, 5) is 25.4. The summed E-state index contributed by atoms with van der Waals surface area (Å²) in [6.45, 7) is 6.12. The van der Waals surface area contributed by atoms with Crippen molar-refractivity contribution in [3.05, 3.63) is 51.8 Å². The van der Waals surface area contributed by atoms with E-state index in [4.69, 9.17) is 0 Å². The second-order valence-electron chi connectivity index (χ2n) is 6.13. The maximum Gasteiger partial charge on any atom is 0.490 e. The zero-order valence-corrected chi connectivity index (χ0v) is 14.0. The smallest absolute Gasteiger partial charge is 0.390 e. The van der Waals surface area contributed by atoms with Gasteiger partial charge in [-0.3, -0.25) is 4.79 Å². The molecule has 1 aromatic heterocycles. The van der Waals surface area contributed by atoms with E-state index < -0.39 is 10.9 Å². The van der Waals surface area contributed by atoms with E-state index in [0.29, 0.717) is 5.92 Å². The van der Waals surface area contributed by atoms with Crippen LogP contribution in [0.1, 0.15) is 37.9 Å². The number of nitro groups is 1. The first-order valence-corrected chi connectivity index (χ1v) is 7.77. The number of nitrogens with zero attached hydrogens (tertiary/aromatic N) is 4. The van der Waals surface area contributed by atoms with E-state index in [0.717, 1.165) is 16.7 Å². The Morgan fingerprint density at radius 1 is 1.29 bits per heavy atom. The van der Waals surface area contributed by atoms with Crippen molar-refractivity contribution in [2.24, 2.45) is 5.92 Å². The lowest BCUT2D eigenvalue weighted by atomic mass is 10.00. The summed E-state index contributed by atoms with van der Waals surface area (Å²) in [5.41, 5.74) is 2.27. The van der Waals surface area contributed by atoms with E-state index >= 15 is 0 Å². The van der Waals surface area contributed by atoms with Crippen LogP contribution in [0.4, 0.5) is 5.95 Å². The lowest BCUT2D eigenvalue weighted by Gasteiger charge is -2.15. The number of rotatable bonds is 7. The predicted octanol–water partition coefficient (Wildman–Crippen LogP) is 2.26. The molecule has 0 aliphatic rings. The fourth-order valence-corrected chi connectivity index (χ4v) is 2.38. The van der Waals surface area contributed by atoms with Crippen molar-refractivity contribution in [3.8, 4) is 0 Å². The standard InChI is InChI=1S/C16H21N5O3/c1-11(2)8-13-4-6-14(7-5-13)12(3)18-15(22)9-20-10-17-16(19-20)21(23)24/h4-7,10-12H,8-9H2,1-3H3,(H,18,22)/t12-/m0/s1. The Balaban J connectivity index is 1.91. The summed E-state index contributed by atoms with van der Waals surface area (Å²) in [6, 6.07) is 7.98. The topological polar surface area (TPSA) is 103 Å². The van der Waals surface area contributed by atoms with Crippen molar-refractivity contribution in [1.29, 1.82) is 0 Å². The Labute approximate surface area is 140 Å². The molecule has 1 heterocycles. The first-order chi connectivity index (χ1) is 11.3. The fraction of sp³-hybridized carbons (Fsp3) is 0.438. The highest BCUT2D eigenvalue weighted by molar-refractivity contribution is 5.76. The van der Waals surface area contributed by atoms with Crippen LogP contribution in [0.15, 0.2) is 30.6 Å². The zero-order chi connectivity index (χ0) is 17.7. The van der Waals surface area contributed by atoms with Gasteiger partial charge in [0.2, 0.25) is 12.2 Å². The van der Waals surface area contributed by atoms with Crippen LogP contribution in [0, 0.1) is 16.0 Å². The summed E-state index contributed by atoms with van der Waals surface area (Å²) in [5.74, 6) is -0.204. The van der Waals surface area contributed by atoms with Crippen LogP contribution in [0.3, 0.4) is 0 Å². The Morgan fingerprint density at radius 3 is 2.50 bits per heavy atom. The molecule has 0 aliphatic heterocycles. The molecular formula is C16H21N5O3. The lowest BCUT2D eigenvalue weighted by Crippen LogP contribution is -2.30. The van der Waals surface area contributed by atoms with Gasteiger partial charge in [0.15, 0.2) is 0 Å². The molecule has 1 N–H and O–H groups in total. The van der Waals surface area contributed by atoms with E-state index in [9.17, 15) is 14.9 Å². The van der Waals surface area contributed by atoms with E-state index in [1.54, 1.807) is 0 Å². The van der Waals surface area contributed by atoms with Gasteiger partial charge in [-0.05, 0) is 35.3 Å². The molecule has 8 heteroatoms. The second kappa shape index (κ2) is 7.67. The van der Waals surface area contributed by atoms with Gasteiger partial charge in [0.25, 0.3) is 0 Å². The first kappa shape index (κ1) is 17.6. The molecule has 0 bridgehead atoms. The maximum absolute atomic E-state index is 12.0. The largest absolute Gasteiger partial charge is 0.490 e. The zero-order valence-electron chi connectivity index (χ0n) is 14.0. The lowest BCUT2D eigenvalue weighted by molar-refractivity contribution is -0.394. The van der Waals surface area contributed by atoms with E-state index in [-0.39, 0.29) is 18.5 Å². The second-order valence-corrected chi connectivity index (χ2v) is 6.13. The van der Waals surface area contributed by atoms with Crippen molar-refractivity contribution < 1.29 is 9.72 Å². The minimum Gasteiger partial charge on any atom is -0.390 e. The molecule has 2 aromatic rings. The third-order valence-corrected chi connectivity index (χ3v) is 3.49. The van der Waals surface area contributed by atoms with E-state index in [2.05, 4.69) is 41.4 Å². The maximum atomic E-state index is 12.0. The number of benzene rings is 1. The normalized spacial score (nSPS) is 12.2. The van der Waals surface area contributed by atoms with Gasteiger partial charge >= 0.3 is 5.95 Å². The number of nitrogens with one attached hydrogen (secondary N) is 1. The quantitative estimate of drug-likeness (QED) is 0.619. The minimum absolute atomic E-state index is 0.114. The molecule has 0 radical (unpaired) electrons. The van der Waals surface area contributed by atoms with Crippen molar-refractivity contribution >= 4 is 11.9 Å². The molecule has 24 heavy (non-hydrogen) atoms. The Bertz CT molecular complexity index is 709. The van der Waals surface area contributed by atoms with Crippen LogP contribution in [0.5, 0.6) is 0 Å². The monoisotopic (exact) mass is 331 g/mol. The minimum atomic E-state index is -0.699. The summed E-state index contributed by atoms with van der Waals surface area (Å²) in [7, 11) is 0. The van der Waals surface area contributed by atoms with Crippen LogP contribution in [-0.4, -0.2) is 25.6 Å². The van der Waals surface area contributed by atoms with Gasteiger partial charge in [-0.2, -0.15) is 4.68 Å². The molecule has 0 saturated carbocycles. The number of carbonyl (C=O) groups excluding carboxylic acids is 1. The van der Waals surface area contributed by atoms with Gasteiger partial charge in [0, 0.05) is 5.10 Å². The van der Waals surface area contributed by atoms with Gasteiger partial charge in [0.05, 0.1) is 6.04 Å². The molecule has 2 rings (SSSR count). The number of hydrogen-bond acceptors (Lipinski definition) is 5. The van der Waals surface area contributed by atoms with Crippen LogP contribution in [-0.2, 0) is 17.8 Å². The molecule has 128 valence electrons. The fourth-order valence-electron chi connectivity index (χ4n) is 2.38. The summed E-state index contributed by atoms with van der Waals surface area (Å²) in [6.07, 6.45) is 2.19. The van der Waals surface area contributed by atoms with Crippen molar-refractivity contribution in [2.75, 3.05) is 0 Å². The molecule has 0 fully saturated rings. The summed E-state index contributed by atoms with van der Waals surface area (Å²) >= 11 is 0. The first-order valence-electron chi connectivity index (χ1n) is 7.77. The van der Waals surface area contributed by atoms with Crippen LogP contribution in [0.25, 0.3) is 0 Å². The highest BCUT2D eigenvalue weighted by atomic mass is 16.6. The summed E-state index contributed by atoms with van der Waals surface area (Å²) < 4.78 is 1.14. The molecule has 8 nitrogen and oxygen atoms in total. The van der Waals surface area contributed by atoms with Crippen molar-refractivity contribution in [1.82, 2.24) is 20.1 Å². The van der Waals surface area contributed by atoms with Crippen LogP contribution < -0.4 is 5.32 Å². The number of carbonyl (C=O) groups is 1. The third kappa shape index (κ3) is 4.87. The van der Waals surface area contributed by atoms with Gasteiger partial charge < -0.3 is 15.4 Å². The molecule has 0 unspecified atom stereocenters. The average Bonchev–Trinajstić information content (AvgIpc) is 2.95. The Morgan fingerprint density at radius 2 is 1.96 bits per heavy atom. The predicted molar refractivity (Wildman–Crippen MR) is 88.2 cm³/mol. The summed E-state index contributed by atoms with van der Waals surface area (Å²) in [5, 5.41) is 17.0. The number of aromatic nitrogens is 3. The average molecular weight is 331 g/mol. The van der Waals surface area contributed by atoms with Gasteiger partial charge in [-0.1, -0.05) is 43.1 Å². The number of amides is 1.